The highest BCUT2D eigenvalue weighted by atomic mass is 16.5. The van der Waals surface area contributed by atoms with E-state index in [9.17, 15) is 9.90 Å². The lowest BCUT2D eigenvalue weighted by Gasteiger charge is -2.22. The Labute approximate surface area is 114 Å². The van der Waals surface area contributed by atoms with E-state index in [1.54, 1.807) is 12.1 Å². The van der Waals surface area contributed by atoms with Crippen LogP contribution in [-0.4, -0.2) is 23.1 Å². The van der Waals surface area contributed by atoms with Crippen molar-refractivity contribution < 1.29 is 14.6 Å². The first-order valence-corrected chi connectivity index (χ1v) is 7.18. The number of Topliss-reactive ketones (excluding diaryl/α,β-unsaturated/α-hetero) is 1. The summed E-state index contributed by atoms with van der Waals surface area (Å²) in [4.78, 5) is 11.5. The Bertz CT molecular complexity index is 411. The van der Waals surface area contributed by atoms with Crippen LogP contribution in [0.4, 0.5) is 0 Å². The van der Waals surface area contributed by atoms with Gasteiger partial charge in [0.15, 0.2) is 5.78 Å². The van der Waals surface area contributed by atoms with Crippen molar-refractivity contribution >= 4 is 5.78 Å². The highest BCUT2D eigenvalue weighted by Gasteiger charge is 2.23. The fraction of sp³-hybridized carbons (Fsp3) is 0.562. The number of benzene rings is 1. The quantitative estimate of drug-likeness (QED) is 0.668. The number of rotatable bonds is 4. The minimum atomic E-state index is -0.376. The van der Waals surface area contributed by atoms with Gasteiger partial charge in [-0.3, -0.25) is 4.79 Å². The second-order valence-corrected chi connectivity index (χ2v) is 5.16. The van der Waals surface area contributed by atoms with Crippen LogP contribution in [0.25, 0.3) is 0 Å². The molecule has 2 atom stereocenters. The lowest BCUT2D eigenvalue weighted by atomic mass is 10.1. The molecule has 1 saturated carbocycles. The second kappa shape index (κ2) is 6.71. The zero-order chi connectivity index (χ0) is 13.7. The van der Waals surface area contributed by atoms with Gasteiger partial charge >= 0.3 is 0 Å². The maximum atomic E-state index is 11.5. The molecule has 0 amide bonds. The summed E-state index contributed by atoms with van der Waals surface area (Å²) in [6.07, 6.45) is 5.09. The zero-order valence-corrected chi connectivity index (χ0v) is 11.5. The summed E-state index contributed by atoms with van der Waals surface area (Å²) in [6, 6.07) is 7.23. The Hall–Kier alpha value is -1.35. The molecule has 2 rings (SSSR count). The van der Waals surface area contributed by atoms with E-state index in [-0.39, 0.29) is 18.0 Å². The number of hydrogen-bond donors (Lipinski definition) is 1. The fourth-order valence-corrected chi connectivity index (χ4v) is 2.49. The van der Waals surface area contributed by atoms with E-state index in [4.69, 9.17) is 4.74 Å². The van der Waals surface area contributed by atoms with Crippen molar-refractivity contribution in [1.82, 2.24) is 0 Å². The number of carbonyl (C=O) groups is 1. The van der Waals surface area contributed by atoms with Crippen molar-refractivity contribution in [2.24, 2.45) is 0 Å². The van der Waals surface area contributed by atoms with E-state index < -0.39 is 0 Å². The second-order valence-electron chi connectivity index (χ2n) is 5.16. The van der Waals surface area contributed by atoms with Crippen LogP contribution in [0.2, 0.25) is 0 Å². The molecule has 1 fully saturated rings. The SMILES string of the molecule is CCC(=O)c1ccc(OC2CCCCCC2O)cc1. The van der Waals surface area contributed by atoms with Crippen LogP contribution < -0.4 is 4.74 Å². The first kappa shape index (κ1) is 14.1. The Morgan fingerprint density at radius 2 is 1.89 bits per heavy atom. The molecule has 0 radical (unpaired) electrons. The minimum absolute atomic E-state index is 0.116. The molecular formula is C16H22O3. The third kappa shape index (κ3) is 3.80. The normalized spacial score (nSPS) is 23.7. The van der Waals surface area contributed by atoms with Crippen LogP contribution in [0.1, 0.15) is 55.8 Å². The lowest BCUT2D eigenvalue weighted by molar-refractivity contribution is 0.0320. The molecule has 1 aliphatic carbocycles. The van der Waals surface area contributed by atoms with Gasteiger partial charge < -0.3 is 9.84 Å². The molecule has 0 bridgehead atoms. The van der Waals surface area contributed by atoms with Gasteiger partial charge in [0.25, 0.3) is 0 Å². The molecule has 19 heavy (non-hydrogen) atoms. The van der Waals surface area contributed by atoms with Crippen LogP contribution in [0.5, 0.6) is 5.75 Å². The summed E-state index contributed by atoms with van der Waals surface area (Å²) >= 11 is 0. The molecule has 3 nitrogen and oxygen atoms in total. The molecule has 0 heterocycles. The van der Waals surface area contributed by atoms with Crippen LogP contribution in [0, 0.1) is 0 Å². The van der Waals surface area contributed by atoms with Gasteiger partial charge in [-0.15, -0.1) is 0 Å². The van der Waals surface area contributed by atoms with Crippen molar-refractivity contribution in [3.05, 3.63) is 29.8 Å². The summed E-state index contributed by atoms with van der Waals surface area (Å²) in [6.45, 7) is 1.86. The average molecular weight is 262 g/mol. The van der Waals surface area contributed by atoms with Crippen LogP contribution in [0.15, 0.2) is 24.3 Å². The fourth-order valence-electron chi connectivity index (χ4n) is 2.49. The third-order valence-electron chi connectivity index (χ3n) is 3.70. The van der Waals surface area contributed by atoms with Gasteiger partial charge in [0, 0.05) is 12.0 Å². The number of hydrogen-bond acceptors (Lipinski definition) is 3. The van der Waals surface area contributed by atoms with Crippen molar-refractivity contribution in [3.8, 4) is 5.75 Å². The van der Waals surface area contributed by atoms with Gasteiger partial charge in [0.2, 0.25) is 0 Å². The number of ether oxygens (including phenoxy) is 1. The number of carbonyl (C=O) groups excluding carboxylic acids is 1. The molecule has 0 spiro atoms. The first-order chi connectivity index (χ1) is 9.20. The highest BCUT2D eigenvalue weighted by molar-refractivity contribution is 5.95. The smallest absolute Gasteiger partial charge is 0.162 e. The van der Waals surface area contributed by atoms with Crippen molar-refractivity contribution in [3.63, 3.8) is 0 Å². The van der Waals surface area contributed by atoms with E-state index in [1.165, 1.54) is 6.42 Å². The predicted molar refractivity (Wildman–Crippen MR) is 74.6 cm³/mol. The molecule has 0 aliphatic heterocycles. The van der Waals surface area contributed by atoms with Gasteiger partial charge in [-0.25, -0.2) is 0 Å². The molecule has 0 aromatic heterocycles. The molecule has 1 N–H and O–H groups in total. The molecule has 0 saturated heterocycles. The molecule has 1 aromatic rings. The van der Waals surface area contributed by atoms with Crippen molar-refractivity contribution in [2.45, 2.75) is 57.7 Å². The van der Waals surface area contributed by atoms with Crippen LogP contribution >= 0.6 is 0 Å². The van der Waals surface area contributed by atoms with Gasteiger partial charge in [-0.1, -0.05) is 19.8 Å². The van der Waals surface area contributed by atoms with E-state index in [0.717, 1.165) is 37.0 Å². The monoisotopic (exact) mass is 262 g/mol. The van der Waals surface area contributed by atoms with Gasteiger partial charge in [-0.05, 0) is 43.5 Å². The summed E-state index contributed by atoms with van der Waals surface area (Å²) in [5, 5.41) is 10.0. The molecule has 3 heteroatoms. The van der Waals surface area contributed by atoms with Gasteiger partial charge in [0.05, 0.1) is 6.10 Å². The standard InChI is InChI=1S/C16H22O3/c1-2-14(17)12-8-10-13(11-9-12)19-16-7-5-3-4-6-15(16)18/h8-11,15-16,18H,2-7H2,1H3. The number of aliphatic hydroxyl groups excluding tert-OH is 1. The Kier molecular flexibility index (Phi) is 4.97. The summed E-state index contributed by atoms with van der Waals surface area (Å²) < 4.78 is 5.85. The molecular weight excluding hydrogens is 240 g/mol. The lowest BCUT2D eigenvalue weighted by Crippen LogP contribution is -2.30. The predicted octanol–water partition coefficient (Wildman–Crippen LogP) is 3.35. The maximum absolute atomic E-state index is 11.5. The Morgan fingerprint density at radius 3 is 2.58 bits per heavy atom. The van der Waals surface area contributed by atoms with E-state index in [1.807, 2.05) is 19.1 Å². The summed E-state index contributed by atoms with van der Waals surface area (Å²) in [5.41, 5.74) is 0.719. The average Bonchev–Trinajstić information content (AvgIpc) is 2.64. The summed E-state index contributed by atoms with van der Waals surface area (Å²) in [5.74, 6) is 0.875. The molecule has 1 aliphatic rings. The van der Waals surface area contributed by atoms with Crippen LogP contribution in [0.3, 0.4) is 0 Å². The van der Waals surface area contributed by atoms with E-state index >= 15 is 0 Å². The summed E-state index contributed by atoms with van der Waals surface area (Å²) in [7, 11) is 0. The van der Waals surface area contributed by atoms with Crippen LogP contribution in [-0.2, 0) is 0 Å². The zero-order valence-electron chi connectivity index (χ0n) is 11.5. The Morgan fingerprint density at radius 1 is 1.21 bits per heavy atom. The number of aliphatic hydroxyl groups is 1. The number of ketones is 1. The van der Waals surface area contributed by atoms with Crippen molar-refractivity contribution in [1.29, 1.82) is 0 Å². The third-order valence-corrected chi connectivity index (χ3v) is 3.70. The minimum Gasteiger partial charge on any atom is -0.488 e. The molecule has 2 unspecified atom stereocenters. The Balaban J connectivity index is 2.00. The van der Waals surface area contributed by atoms with Gasteiger partial charge in [0.1, 0.15) is 11.9 Å². The van der Waals surface area contributed by atoms with E-state index in [0.29, 0.717) is 6.42 Å². The largest absolute Gasteiger partial charge is 0.488 e. The highest BCUT2D eigenvalue weighted by Crippen LogP contribution is 2.23. The molecule has 1 aromatic carbocycles. The maximum Gasteiger partial charge on any atom is 0.162 e. The van der Waals surface area contributed by atoms with Crippen molar-refractivity contribution in [2.75, 3.05) is 0 Å². The topological polar surface area (TPSA) is 46.5 Å². The van der Waals surface area contributed by atoms with Gasteiger partial charge in [-0.2, -0.15) is 0 Å². The first-order valence-electron chi connectivity index (χ1n) is 7.18. The van der Waals surface area contributed by atoms with E-state index in [2.05, 4.69) is 0 Å². The molecule has 104 valence electrons.